The first kappa shape index (κ1) is 12.4. The third-order valence-corrected chi connectivity index (χ3v) is 3.59. The fraction of sp³-hybridized carbons (Fsp3) is 0.833. The maximum absolute atomic E-state index is 12.3. The maximum Gasteiger partial charge on any atom is 0.241 e. The number of amides is 2. The Morgan fingerprint density at radius 2 is 2.12 bits per heavy atom. The van der Waals surface area contributed by atoms with Crippen molar-refractivity contribution in [2.75, 3.05) is 33.2 Å². The smallest absolute Gasteiger partial charge is 0.241 e. The molecule has 0 aliphatic carbocycles. The Kier molecular flexibility index (Phi) is 3.99. The molecule has 96 valence electrons. The zero-order chi connectivity index (χ0) is 12.3. The van der Waals surface area contributed by atoms with Gasteiger partial charge in [-0.1, -0.05) is 6.42 Å². The van der Waals surface area contributed by atoms with E-state index < -0.39 is 0 Å². The maximum atomic E-state index is 12.3. The van der Waals surface area contributed by atoms with Crippen molar-refractivity contribution in [1.82, 2.24) is 15.1 Å². The van der Waals surface area contributed by atoms with Crippen molar-refractivity contribution in [2.45, 2.75) is 31.7 Å². The van der Waals surface area contributed by atoms with Crippen molar-refractivity contribution in [3.05, 3.63) is 0 Å². The van der Waals surface area contributed by atoms with E-state index in [1.807, 2.05) is 0 Å². The monoisotopic (exact) mass is 239 g/mol. The van der Waals surface area contributed by atoms with E-state index in [0.29, 0.717) is 6.54 Å². The number of rotatable bonds is 1. The molecule has 5 heteroatoms. The molecule has 0 unspecified atom stereocenters. The lowest BCUT2D eigenvalue weighted by Gasteiger charge is -2.28. The van der Waals surface area contributed by atoms with Gasteiger partial charge in [-0.25, -0.2) is 0 Å². The van der Waals surface area contributed by atoms with E-state index in [0.717, 1.165) is 38.8 Å². The van der Waals surface area contributed by atoms with E-state index in [1.54, 1.807) is 16.8 Å². The van der Waals surface area contributed by atoms with E-state index in [1.165, 1.54) is 0 Å². The van der Waals surface area contributed by atoms with Gasteiger partial charge < -0.3 is 15.1 Å². The summed E-state index contributed by atoms with van der Waals surface area (Å²) in [6, 6.07) is -0.0695. The van der Waals surface area contributed by atoms with Gasteiger partial charge in [-0.2, -0.15) is 0 Å². The van der Waals surface area contributed by atoms with Crippen LogP contribution >= 0.6 is 0 Å². The molecule has 17 heavy (non-hydrogen) atoms. The average Bonchev–Trinajstić information content (AvgIpc) is 2.52. The number of piperidine rings is 1. The Morgan fingerprint density at radius 3 is 2.82 bits per heavy atom. The Bertz CT molecular complexity index is 300. The molecule has 0 saturated carbocycles. The van der Waals surface area contributed by atoms with Crippen molar-refractivity contribution < 1.29 is 9.59 Å². The minimum Gasteiger partial charge on any atom is -0.344 e. The summed E-state index contributed by atoms with van der Waals surface area (Å²) in [5.41, 5.74) is 0. The molecule has 2 fully saturated rings. The van der Waals surface area contributed by atoms with Crippen LogP contribution in [0.2, 0.25) is 0 Å². The van der Waals surface area contributed by atoms with Crippen LogP contribution in [-0.4, -0.2) is 60.9 Å². The lowest BCUT2D eigenvalue weighted by Crippen LogP contribution is -2.50. The quantitative estimate of drug-likeness (QED) is 0.690. The summed E-state index contributed by atoms with van der Waals surface area (Å²) < 4.78 is 0. The Balaban J connectivity index is 1.95. The van der Waals surface area contributed by atoms with Gasteiger partial charge in [0.15, 0.2) is 0 Å². The van der Waals surface area contributed by atoms with Crippen LogP contribution in [0.5, 0.6) is 0 Å². The van der Waals surface area contributed by atoms with Crippen LogP contribution < -0.4 is 5.32 Å². The minimum atomic E-state index is -0.0695. The normalized spacial score (nSPS) is 26.9. The van der Waals surface area contributed by atoms with E-state index in [4.69, 9.17) is 0 Å². The first-order valence-electron chi connectivity index (χ1n) is 6.44. The van der Waals surface area contributed by atoms with E-state index in [2.05, 4.69) is 5.32 Å². The highest BCUT2D eigenvalue weighted by atomic mass is 16.2. The van der Waals surface area contributed by atoms with E-state index in [-0.39, 0.29) is 24.4 Å². The molecular formula is C12H21N3O2. The zero-order valence-corrected chi connectivity index (χ0v) is 10.4. The van der Waals surface area contributed by atoms with Gasteiger partial charge in [0.25, 0.3) is 0 Å². The number of carbonyl (C=O) groups excluding carboxylic acids is 2. The number of hydrogen-bond donors (Lipinski definition) is 1. The third-order valence-electron chi connectivity index (χ3n) is 3.59. The molecule has 0 spiro atoms. The topological polar surface area (TPSA) is 52.6 Å². The van der Waals surface area contributed by atoms with Gasteiger partial charge >= 0.3 is 0 Å². The van der Waals surface area contributed by atoms with Crippen molar-refractivity contribution in [3.63, 3.8) is 0 Å². The molecule has 0 radical (unpaired) electrons. The standard InChI is InChI=1S/C12H21N3O2/c1-14-7-4-8-15(9-11(14)16)12(17)10-5-2-3-6-13-10/h10,13H,2-9H2,1H3/t10-/m0/s1. The largest absolute Gasteiger partial charge is 0.344 e. The van der Waals surface area contributed by atoms with Gasteiger partial charge in [0.05, 0.1) is 12.6 Å². The molecule has 1 N–H and O–H groups in total. The molecule has 5 nitrogen and oxygen atoms in total. The predicted octanol–water partition coefficient (Wildman–Crippen LogP) is -0.181. The number of nitrogens with zero attached hydrogens (tertiary/aromatic N) is 2. The van der Waals surface area contributed by atoms with Crippen molar-refractivity contribution in [2.24, 2.45) is 0 Å². The molecular weight excluding hydrogens is 218 g/mol. The van der Waals surface area contributed by atoms with Gasteiger partial charge in [-0.05, 0) is 25.8 Å². The Labute approximate surface area is 102 Å². The first-order chi connectivity index (χ1) is 8.18. The van der Waals surface area contributed by atoms with Crippen molar-refractivity contribution in [3.8, 4) is 0 Å². The van der Waals surface area contributed by atoms with Crippen molar-refractivity contribution in [1.29, 1.82) is 0 Å². The summed E-state index contributed by atoms with van der Waals surface area (Å²) >= 11 is 0. The molecule has 2 heterocycles. The molecule has 2 rings (SSSR count). The van der Waals surface area contributed by atoms with Gasteiger partial charge in [0.2, 0.25) is 11.8 Å². The molecule has 2 aliphatic rings. The second kappa shape index (κ2) is 5.49. The summed E-state index contributed by atoms with van der Waals surface area (Å²) in [4.78, 5) is 27.4. The van der Waals surface area contributed by atoms with Crippen LogP contribution in [0.3, 0.4) is 0 Å². The third kappa shape index (κ3) is 2.97. The molecule has 0 bridgehead atoms. The first-order valence-corrected chi connectivity index (χ1v) is 6.44. The molecule has 2 saturated heterocycles. The van der Waals surface area contributed by atoms with Crippen LogP contribution in [-0.2, 0) is 9.59 Å². The van der Waals surface area contributed by atoms with Crippen LogP contribution in [0.4, 0.5) is 0 Å². The summed E-state index contributed by atoms with van der Waals surface area (Å²) in [5.74, 6) is 0.153. The Hall–Kier alpha value is -1.10. The number of nitrogens with one attached hydrogen (secondary N) is 1. The molecule has 0 aromatic carbocycles. The second-order valence-corrected chi connectivity index (χ2v) is 4.93. The fourth-order valence-corrected chi connectivity index (χ4v) is 2.46. The summed E-state index contributed by atoms with van der Waals surface area (Å²) in [6.07, 6.45) is 4.02. The van der Waals surface area contributed by atoms with Crippen LogP contribution in [0.25, 0.3) is 0 Å². The van der Waals surface area contributed by atoms with Gasteiger partial charge in [-0.15, -0.1) is 0 Å². The highest BCUT2D eigenvalue weighted by Crippen LogP contribution is 2.12. The van der Waals surface area contributed by atoms with Crippen molar-refractivity contribution >= 4 is 11.8 Å². The number of carbonyl (C=O) groups is 2. The van der Waals surface area contributed by atoms with Crippen LogP contribution in [0, 0.1) is 0 Å². The van der Waals surface area contributed by atoms with Gasteiger partial charge in [0, 0.05) is 20.1 Å². The SMILES string of the molecule is CN1CCCN(C(=O)[C@@H]2CCCCN2)CC1=O. The lowest BCUT2D eigenvalue weighted by molar-refractivity contribution is -0.139. The highest BCUT2D eigenvalue weighted by molar-refractivity contribution is 5.87. The fourth-order valence-electron chi connectivity index (χ4n) is 2.46. The number of likely N-dealkylation sites (N-methyl/N-ethyl adjacent to an activating group) is 1. The average molecular weight is 239 g/mol. The van der Waals surface area contributed by atoms with Crippen LogP contribution in [0.15, 0.2) is 0 Å². The van der Waals surface area contributed by atoms with Gasteiger partial charge in [0.1, 0.15) is 0 Å². The number of hydrogen-bond acceptors (Lipinski definition) is 3. The summed E-state index contributed by atoms with van der Waals surface area (Å²) in [5, 5.41) is 3.25. The zero-order valence-electron chi connectivity index (χ0n) is 10.4. The molecule has 1 atom stereocenters. The Morgan fingerprint density at radius 1 is 1.29 bits per heavy atom. The lowest BCUT2D eigenvalue weighted by atomic mass is 10.0. The molecule has 2 aliphatic heterocycles. The summed E-state index contributed by atoms with van der Waals surface area (Å²) in [6.45, 7) is 2.61. The molecule has 2 amide bonds. The summed E-state index contributed by atoms with van der Waals surface area (Å²) in [7, 11) is 1.80. The van der Waals surface area contributed by atoms with Gasteiger partial charge in [-0.3, -0.25) is 9.59 Å². The second-order valence-electron chi connectivity index (χ2n) is 4.93. The van der Waals surface area contributed by atoms with E-state index in [9.17, 15) is 9.59 Å². The van der Waals surface area contributed by atoms with E-state index >= 15 is 0 Å². The molecule has 0 aromatic rings. The highest BCUT2D eigenvalue weighted by Gasteiger charge is 2.28. The minimum absolute atomic E-state index is 0.0478. The molecule has 0 aromatic heterocycles. The van der Waals surface area contributed by atoms with Crippen LogP contribution in [0.1, 0.15) is 25.7 Å². The predicted molar refractivity (Wildman–Crippen MR) is 64.5 cm³/mol.